The smallest absolute Gasteiger partial charge is 0.191 e. The second-order valence-electron chi connectivity index (χ2n) is 6.67. The number of H-pyrrole nitrogens is 1. The van der Waals surface area contributed by atoms with Gasteiger partial charge in [0, 0.05) is 36.7 Å². The summed E-state index contributed by atoms with van der Waals surface area (Å²) in [5, 5.41) is 1.32. The molecule has 2 aromatic rings. The lowest BCUT2D eigenvalue weighted by Crippen LogP contribution is -2.42. The van der Waals surface area contributed by atoms with Crippen LogP contribution in [0.25, 0.3) is 10.9 Å². The molecule has 1 aliphatic heterocycles. The Labute approximate surface area is 138 Å². The van der Waals surface area contributed by atoms with Crippen LogP contribution in [0.2, 0.25) is 0 Å². The van der Waals surface area contributed by atoms with Crippen molar-refractivity contribution >= 4 is 16.9 Å². The number of benzene rings is 1. The Kier molecular flexibility index (Phi) is 4.89. The summed E-state index contributed by atoms with van der Waals surface area (Å²) in [6.07, 6.45) is 6.54. The van der Waals surface area contributed by atoms with Crippen LogP contribution in [0.4, 0.5) is 0 Å². The largest absolute Gasteiger partial charge is 0.370 e. The van der Waals surface area contributed by atoms with Crippen molar-refractivity contribution in [2.45, 2.75) is 39.5 Å². The van der Waals surface area contributed by atoms with Crippen molar-refractivity contribution in [3.05, 3.63) is 35.5 Å². The molecule has 0 saturated carbocycles. The number of guanidine groups is 1. The molecule has 1 fully saturated rings. The van der Waals surface area contributed by atoms with Crippen LogP contribution in [0.5, 0.6) is 0 Å². The van der Waals surface area contributed by atoms with Gasteiger partial charge < -0.3 is 15.6 Å². The zero-order valence-electron chi connectivity index (χ0n) is 14.3. The van der Waals surface area contributed by atoms with Crippen LogP contribution in [0.3, 0.4) is 0 Å². The first kappa shape index (κ1) is 15.9. The van der Waals surface area contributed by atoms with Gasteiger partial charge in [0.25, 0.3) is 0 Å². The highest BCUT2D eigenvalue weighted by molar-refractivity contribution is 5.86. The van der Waals surface area contributed by atoms with E-state index in [0.29, 0.717) is 5.96 Å². The molecule has 0 unspecified atom stereocenters. The molecule has 4 heteroatoms. The van der Waals surface area contributed by atoms with Crippen LogP contribution in [0.1, 0.15) is 37.8 Å². The lowest BCUT2D eigenvalue weighted by molar-refractivity contribution is 0.277. The third-order valence-electron chi connectivity index (χ3n) is 5.03. The molecule has 0 atom stereocenters. The van der Waals surface area contributed by atoms with Gasteiger partial charge in [-0.05, 0) is 42.7 Å². The number of hydrogen-bond acceptors (Lipinski definition) is 1. The van der Waals surface area contributed by atoms with E-state index in [0.717, 1.165) is 38.4 Å². The van der Waals surface area contributed by atoms with E-state index in [1.165, 1.54) is 34.9 Å². The fraction of sp³-hybridized carbons (Fsp3) is 0.526. The summed E-state index contributed by atoms with van der Waals surface area (Å²) < 4.78 is 0. The van der Waals surface area contributed by atoms with Crippen LogP contribution >= 0.6 is 0 Å². The van der Waals surface area contributed by atoms with Gasteiger partial charge in [0.2, 0.25) is 0 Å². The maximum absolute atomic E-state index is 6.16. The van der Waals surface area contributed by atoms with Gasteiger partial charge >= 0.3 is 0 Å². The van der Waals surface area contributed by atoms with Gasteiger partial charge in [-0.3, -0.25) is 4.99 Å². The first-order chi connectivity index (χ1) is 11.2. The molecule has 1 aromatic carbocycles. The van der Waals surface area contributed by atoms with Crippen molar-refractivity contribution in [2.24, 2.45) is 16.6 Å². The number of hydrogen-bond donors (Lipinski definition) is 2. The molecule has 3 rings (SSSR count). The number of piperidine rings is 1. The second-order valence-corrected chi connectivity index (χ2v) is 6.67. The SMILES string of the molecule is CCc1cccc2c(CCN=C(N)N3CCC(C)CC3)c[nH]c12. The number of aliphatic imine (C=N–C) groups is 1. The number of para-hydroxylation sites is 1. The fourth-order valence-corrected chi connectivity index (χ4v) is 3.41. The molecule has 0 spiro atoms. The molecule has 0 amide bonds. The van der Waals surface area contributed by atoms with Gasteiger partial charge in [-0.2, -0.15) is 0 Å². The number of fused-ring (bicyclic) bond motifs is 1. The van der Waals surface area contributed by atoms with Crippen LogP contribution in [-0.2, 0) is 12.8 Å². The third-order valence-corrected chi connectivity index (χ3v) is 5.03. The summed E-state index contributed by atoms with van der Waals surface area (Å²) in [6, 6.07) is 6.53. The average molecular weight is 312 g/mol. The molecule has 2 heterocycles. The van der Waals surface area contributed by atoms with Gasteiger partial charge in [0.05, 0.1) is 0 Å². The lowest BCUT2D eigenvalue weighted by atomic mass is 10.00. The highest BCUT2D eigenvalue weighted by Crippen LogP contribution is 2.22. The summed E-state index contributed by atoms with van der Waals surface area (Å²) in [4.78, 5) is 10.3. The predicted octanol–water partition coefficient (Wildman–Crippen LogP) is 3.32. The minimum Gasteiger partial charge on any atom is -0.370 e. The van der Waals surface area contributed by atoms with Gasteiger partial charge in [0.1, 0.15) is 0 Å². The first-order valence-electron chi connectivity index (χ1n) is 8.81. The Bertz CT molecular complexity index is 678. The van der Waals surface area contributed by atoms with Crippen molar-refractivity contribution in [1.29, 1.82) is 0 Å². The minimum absolute atomic E-state index is 0.714. The molecular formula is C19H28N4. The molecule has 3 N–H and O–H groups in total. The molecule has 0 radical (unpaired) electrons. The van der Waals surface area contributed by atoms with Crippen LogP contribution < -0.4 is 5.73 Å². The van der Waals surface area contributed by atoms with Gasteiger partial charge in [-0.1, -0.05) is 32.0 Å². The number of nitrogens with zero attached hydrogens (tertiary/aromatic N) is 2. The average Bonchev–Trinajstić information content (AvgIpc) is 2.98. The molecule has 1 aliphatic rings. The maximum atomic E-state index is 6.16. The van der Waals surface area contributed by atoms with E-state index in [2.05, 4.69) is 53.1 Å². The molecule has 124 valence electrons. The van der Waals surface area contributed by atoms with Crippen molar-refractivity contribution in [3.8, 4) is 0 Å². The molecule has 23 heavy (non-hydrogen) atoms. The molecule has 4 nitrogen and oxygen atoms in total. The standard InChI is InChI=1S/C19H28N4/c1-3-15-5-4-6-17-16(13-22-18(15)17)7-10-21-19(20)23-11-8-14(2)9-12-23/h4-6,13-14,22H,3,7-12H2,1-2H3,(H2,20,21). The zero-order chi connectivity index (χ0) is 16.2. The highest BCUT2D eigenvalue weighted by atomic mass is 15.3. The Morgan fingerprint density at radius 1 is 1.30 bits per heavy atom. The third kappa shape index (κ3) is 3.52. The Balaban J connectivity index is 1.63. The molecule has 1 saturated heterocycles. The van der Waals surface area contributed by atoms with Crippen molar-refractivity contribution < 1.29 is 0 Å². The summed E-state index contributed by atoms with van der Waals surface area (Å²) >= 11 is 0. The van der Waals surface area contributed by atoms with E-state index in [4.69, 9.17) is 5.73 Å². The summed E-state index contributed by atoms with van der Waals surface area (Å²) in [5.74, 6) is 1.53. The summed E-state index contributed by atoms with van der Waals surface area (Å²) in [5.41, 5.74) is 10.1. The van der Waals surface area contributed by atoms with Crippen molar-refractivity contribution in [2.75, 3.05) is 19.6 Å². The van der Waals surface area contributed by atoms with E-state index in [1.54, 1.807) is 0 Å². The monoisotopic (exact) mass is 312 g/mol. The van der Waals surface area contributed by atoms with E-state index in [1.807, 2.05) is 0 Å². The summed E-state index contributed by atoms with van der Waals surface area (Å²) in [7, 11) is 0. The Morgan fingerprint density at radius 3 is 2.83 bits per heavy atom. The Hall–Kier alpha value is -1.97. The van der Waals surface area contributed by atoms with E-state index in [-0.39, 0.29) is 0 Å². The van der Waals surface area contributed by atoms with E-state index in [9.17, 15) is 0 Å². The Morgan fingerprint density at radius 2 is 2.09 bits per heavy atom. The van der Waals surface area contributed by atoms with E-state index < -0.39 is 0 Å². The number of aromatic amines is 1. The molecule has 0 aliphatic carbocycles. The minimum atomic E-state index is 0.714. The number of nitrogens with two attached hydrogens (primary N) is 1. The molecule has 0 bridgehead atoms. The normalized spacial score (nSPS) is 17.1. The number of aryl methyl sites for hydroxylation is 1. The zero-order valence-corrected chi connectivity index (χ0v) is 14.3. The van der Waals surface area contributed by atoms with Crippen molar-refractivity contribution in [3.63, 3.8) is 0 Å². The number of likely N-dealkylation sites (tertiary alicyclic amines) is 1. The fourth-order valence-electron chi connectivity index (χ4n) is 3.41. The van der Waals surface area contributed by atoms with Crippen molar-refractivity contribution in [1.82, 2.24) is 9.88 Å². The number of nitrogens with one attached hydrogen (secondary N) is 1. The number of rotatable bonds is 4. The predicted molar refractivity (Wildman–Crippen MR) is 97.8 cm³/mol. The lowest BCUT2D eigenvalue weighted by Gasteiger charge is -2.31. The number of aromatic nitrogens is 1. The van der Waals surface area contributed by atoms with Crippen LogP contribution in [0, 0.1) is 5.92 Å². The van der Waals surface area contributed by atoms with Gasteiger partial charge in [-0.15, -0.1) is 0 Å². The second kappa shape index (κ2) is 7.07. The van der Waals surface area contributed by atoms with Crippen LogP contribution in [0.15, 0.2) is 29.4 Å². The molecule has 1 aromatic heterocycles. The van der Waals surface area contributed by atoms with Gasteiger partial charge in [0.15, 0.2) is 5.96 Å². The van der Waals surface area contributed by atoms with E-state index >= 15 is 0 Å². The quantitative estimate of drug-likeness (QED) is 0.672. The molecular weight excluding hydrogens is 284 g/mol. The van der Waals surface area contributed by atoms with Crippen LogP contribution in [-0.4, -0.2) is 35.5 Å². The van der Waals surface area contributed by atoms with Gasteiger partial charge in [-0.25, -0.2) is 0 Å². The maximum Gasteiger partial charge on any atom is 0.191 e. The highest BCUT2D eigenvalue weighted by Gasteiger charge is 2.16. The summed E-state index contributed by atoms with van der Waals surface area (Å²) in [6.45, 7) is 7.35. The topological polar surface area (TPSA) is 57.4 Å². The first-order valence-corrected chi connectivity index (χ1v) is 8.81.